The molecule has 0 atom stereocenters. The molecule has 0 unspecified atom stereocenters. The third-order valence-electron chi connectivity index (χ3n) is 2.16. The lowest BCUT2D eigenvalue weighted by Gasteiger charge is -2.18. The van der Waals surface area contributed by atoms with Crippen molar-refractivity contribution in [2.45, 2.75) is 13.8 Å². The minimum atomic E-state index is -1.04. The molecular formula is C11H13ClN2O3. The van der Waals surface area contributed by atoms with E-state index >= 15 is 0 Å². The second-order valence-corrected chi connectivity index (χ2v) is 3.92. The number of likely N-dealkylation sites (N-methyl/N-ethyl adjacent to an activating group) is 1. The molecule has 1 aromatic heterocycles. The van der Waals surface area contributed by atoms with E-state index in [0.29, 0.717) is 17.8 Å². The molecule has 0 bridgehead atoms. The van der Waals surface area contributed by atoms with Crippen LogP contribution in [0.25, 0.3) is 0 Å². The Balaban J connectivity index is 2.97. The van der Waals surface area contributed by atoms with Gasteiger partial charge in [0.25, 0.3) is 5.91 Å². The van der Waals surface area contributed by atoms with E-state index in [1.165, 1.54) is 11.0 Å². The molecule has 0 aliphatic carbocycles. The van der Waals surface area contributed by atoms with E-state index in [-0.39, 0.29) is 17.6 Å². The van der Waals surface area contributed by atoms with Crippen LogP contribution in [0.4, 0.5) is 0 Å². The second-order valence-electron chi connectivity index (χ2n) is 3.53. The van der Waals surface area contributed by atoms with Gasteiger partial charge in [0.2, 0.25) is 0 Å². The van der Waals surface area contributed by atoms with Gasteiger partial charge in [-0.05, 0) is 26.0 Å². The summed E-state index contributed by atoms with van der Waals surface area (Å²) in [5, 5.41) is 8.91. The number of hydrogen-bond donors (Lipinski definition) is 1. The summed E-state index contributed by atoms with van der Waals surface area (Å²) in [5.41, 5.74) is 0.970. The Hall–Kier alpha value is -1.62. The van der Waals surface area contributed by atoms with E-state index in [1.807, 2.05) is 0 Å². The lowest BCUT2D eigenvalue weighted by molar-refractivity contribution is -0.137. The van der Waals surface area contributed by atoms with Gasteiger partial charge in [-0.2, -0.15) is 0 Å². The number of carboxylic acids is 1. The fraction of sp³-hybridized carbons (Fsp3) is 0.364. The van der Waals surface area contributed by atoms with Gasteiger partial charge in [-0.3, -0.25) is 9.59 Å². The average Bonchev–Trinajstić information content (AvgIpc) is 2.23. The average molecular weight is 257 g/mol. The summed E-state index contributed by atoms with van der Waals surface area (Å²) < 4.78 is 0. The van der Waals surface area contributed by atoms with Crippen LogP contribution in [0, 0.1) is 6.92 Å². The summed E-state index contributed by atoms with van der Waals surface area (Å²) in [4.78, 5) is 27.8. The number of carbonyl (C=O) groups excluding carboxylic acids is 1. The Bertz CT molecular complexity index is 428. The first-order valence-corrected chi connectivity index (χ1v) is 5.47. The van der Waals surface area contributed by atoms with E-state index in [1.54, 1.807) is 19.9 Å². The number of aromatic nitrogens is 1. The topological polar surface area (TPSA) is 70.5 Å². The van der Waals surface area contributed by atoms with Gasteiger partial charge < -0.3 is 10.0 Å². The van der Waals surface area contributed by atoms with Crippen LogP contribution in [0.15, 0.2) is 12.1 Å². The Morgan fingerprint density at radius 1 is 1.47 bits per heavy atom. The van der Waals surface area contributed by atoms with Crippen molar-refractivity contribution in [3.8, 4) is 0 Å². The molecule has 0 radical (unpaired) electrons. The molecule has 1 heterocycles. The minimum Gasteiger partial charge on any atom is -0.480 e. The lowest BCUT2D eigenvalue weighted by Crippen LogP contribution is -2.35. The highest BCUT2D eigenvalue weighted by Gasteiger charge is 2.17. The summed E-state index contributed by atoms with van der Waals surface area (Å²) in [5.74, 6) is -1.40. The van der Waals surface area contributed by atoms with Gasteiger partial charge in [-0.15, -0.1) is 0 Å². The van der Waals surface area contributed by atoms with Gasteiger partial charge >= 0.3 is 5.97 Å². The zero-order chi connectivity index (χ0) is 13.0. The molecular weight excluding hydrogens is 244 g/mol. The smallest absolute Gasteiger partial charge is 0.323 e. The highest BCUT2D eigenvalue weighted by atomic mass is 35.5. The normalized spacial score (nSPS) is 10.1. The van der Waals surface area contributed by atoms with Crippen molar-refractivity contribution >= 4 is 23.5 Å². The number of hydrogen-bond acceptors (Lipinski definition) is 3. The highest BCUT2D eigenvalue weighted by molar-refractivity contribution is 6.29. The number of nitrogens with zero attached hydrogens (tertiary/aromatic N) is 2. The molecule has 1 rings (SSSR count). The number of aliphatic carboxylic acids is 1. The van der Waals surface area contributed by atoms with Crippen LogP contribution in [-0.4, -0.2) is 40.0 Å². The van der Waals surface area contributed by atoms with Crippen molar-refractivity contribution in [3.05, 3.63) is 28.5 Å². The fourth-order valence-corrected chi connectivity index (χ4v) is 1.68. The van der Waals surface area contributed by atoms with Crippen molar-refractivity contribution in [3.63, 3.8) is 0 Å². The summed E-state index contributed by atoms with van der Waals surface area (Å²) in [6, 6.07) is 3.01. The van der Waals surface area contributed by atoms with Crippen LogP contribution in [0.5, 0.6) is 0 Å². The van der Waals surface area contributed by atoms with Crippen molar-refractivity contribution in [2.24, 2.45) is 0 Å². The fourth-order valence-electron chi connectivity index (χ4n) is 1.42. The van der Waals surface area contributed by atoms with E-state index in [0.717, 1.165) is 0 Å². The number of carbonyl (C=O) groups is 2. The van der Waals surface area contributed by atoms with Crippen molar-refractivity contribution in [1.82, 2.24) is 9.88 Å². The highest BCUT2D eigenvalue weighted by Crippen LogP contribution is 2.12. The van der Waals surface area contributed by atoms with E-state index < -0.39 is 5.97 Å². The van der Waals surface area contributed by atoms with E-state index in [9.17, 15) is 9.59 Å². The SMILES string of the molecule is CCN(CC(=O)O)C(=O)c1cc(C)nc(Cl)c1. The maximum Gasteiger partial charge on any atom is 0.323 e. The van der Waals surface area contributed by atoms with Crippen LogP contribution < -0.4 is 0 Å². The first-order valence-electron chi connectivity index (χ1n) is 5.09. The summed E-state index contributed by atoms with van der Waals surface area (Å²) in [7, 11) is 0. The first-order chi connectivity index (χ1) is 7.93. The predicted molar refractivity (Wildman–Crippen MR) is 63.2 cm³/mol. The van der Waals surface area contributed by atoms with Crippen LogP contribution in [0.3, 0.4) is 0 Å². The lowest BCUT2D eigenvalue weighted by atomic mass is 10.2. The zero-order valence-corrected chi connectivity index (χ0v) is 10.4. The molecule has 0 saturated heterocycles. The molecule has 0 saturated carbocycles. The number of amides is 1. The number of halogens is 1. The molecule has 0 aliphatic rings. The van der Waals surface area contributed by atoms with Crippen molar-refractivity contribution in [2.75, 3.05) is 13.1 Å². The first kappa shape index (κ1) is 13.4. The maximum atomic E-state index is 12.0. The van der Waals surface area contributed by atoms with Crippen molar-refractivity contribution < 1.29 is 14.7 Å². The molecule has 17 heavy (non-hydrogen) atoms. The van der Waals surface area contributed by atoms with Gasteiger partial charge in [0.05, 0.1) is 0 Å². The quantitative estimate of drug-likeness (QED) is 0.831. The molecule has 92 valence electrons. The van der Waals surface area contributed by atoms with Crippen LogP contribution in [0.2, 0.25) is 5.15 Å². The zero-order valence-electron chi connectivity index (χ0n) is 9.61. The third-order valence-corrected chi connectivity index (χ3v) is 2.36. The largest absolute Gasteiger partial charge is 0.480 e. The Morgan fingerprint density at radius 3 is 2.59 bits per heavy atom. The molecule has 0 spiro atoms. The summed E-state index contributed by atoms with van der Waals surface area (Å²) in [6.45, 7) is 3.44. The van der Waals surface area contributed by atoms with Gasteiger partial charge in [0.1, 0.15) is 11.7 Å². The van der Waals surface area contributed by atoms with Gasteiger partial charge in [0.15, 0.2) is 0 Å². The molecule has 1 aromatic rings. The standard InChI is InChI=1S/C11H13ClN2O3/c1-3-14(6-10(15)16)11(17)8-4-7(2)13-9(12)5-8/h4-5H,3,6H2,1-2H3,(H,15,16). The molecule has 6 heteroatoms. The number of rotatable bonds is 4. The summed E-state index contributed by atoms with van der Waals surface area (Å²) >= 11 is 5.75. The molecule has 5 nitrogen and oxygen atoms in total. The van der Waals surface area contributed by atoms with Gasteiger partial charge in [0, 0.05) is 17.8 Å². The molecule has 1 N–H and O–H groups in total. The predicted octanol–water partition coefficient (Wildman–Crippen LogP) is 1.59. The Morgan fingerprint density at radius 2 is 2.12 bits per heavy atom. The molecule has 1 amide bonds. The van der Waals surface area contributed by atoms with Crippen molar-refractivity contribution in [1.29, 1.82) is 0 Å². The molecule has 0 fully saturated rings. The second kappa shape index (κ2) is 5.63. The van der Waals surface area contributed by atoms with Gasteiger partial charge in [-0.1, -0.05) is 11.6 Å². The Kier molecular flexibility index (Phi) is 4.45. The van der Waals surface area contributed by atoms with E-state index in [2.05, 4.69) is 4.98 Å². The number of carboxylic acid groups (broad SMARTS) is 1. The van der Waals surface area contributed by atoms with Crippen LogP contribution in [-0.2, 0) is 4.79 Å². The van der Waals surface area contributed by atoms with E-state index in [4.69, 9.17) is 16.7 Å². The minimum absolute atomic E-state index is 0.222. The maximum absolute atomic E-state index is 12.0. The number of pyridine rings is 1. The molecule has 0 aromatic carbocycles. The Labute approximate surface area is 104 Å². The number of aryl methyl sites for hydroxylation is 1. The monoisotopic (exact) mass is 256 g/mol. The summed E-state index contributed by atoms with van der Waals surface area (Å²) in [6.07, 6.45) is 0. The van der Waals surface area contributed by atoms with Crippen LogP contribution >= 0.6 is 11.6 Å². The third kappa shape index (κ3) is 3.71. The van der Waals surface area contributed by atoms with Crippen LogP contribution in [0.1, 0.15) is 23.0 Å². The van der Waals surface area contributed by atoms with Gasteiger partial charge in [-0.25, -0.2) is 4.98 Å². The molecule has 0 aliphatic heterocycles.